The Morgan fingerprint density at radius 3 is 3.00 bits per heavy atom. The van der Waals surface area contributed by atoms with Gasteiger partial charge in [-0.3, -0.25) is 4.79 Å². The number of hydrogen-bond donors (Lipinski definition) is 2. The van der Waals surface area contributed by atoms with E-state index in [2.05, 4.69) is 10.3 Å². The Kier molecular flexibility index (Phi) is 3.57. The highest BCUT2D eigenvalue weighted by atomic mass is 32.1. The number of amides is 1. The van der Waals surface area contributed by atoms with Gasteiger partial charge in [0.1, 0.15) is 10.8 Å². The number of thiazole rings is 1. The van der Waals surface area contributed by atoms with Crippen LogP contribution in [-0.2, 0) is 6.54 Å². The monoisotopic (exact) mass is 265 g/mol. The molecule has 0 saturated carbocycles. The molecule has 2 aromatic rings. The summed E-state index contributed by atoms with van der Waals surface area (Å²) in [7, 11) is 0. The first kappa shape index (κ1) is 12.5. The van der Waals surface area contributed by atoms with Crippen molar-refractivity contribution in [1.29, 1.82) is 0 Å². The number of nitrogen functional groups attached to an aromatic ring is 1. The number of carbonyl (C=O) groups is 1. The van der Waals surface area contributed by atoms with Crippen LogP contribution in [0.25, 0.3) is 0 Å². The zero-order valence-electron chi connectivity index (χ0n) is 9.74. The van der Waals surface area contributed by atoms with Gasteiger partial charge in [-0.2, -0.15) is 0 Å². The molecule has 0 spiro atoms. The van der Waals surface area contributed by atoms with Crippen molar-refractivity contribution in [2.45, 2.75) is 13.5 Å². The van der Waals surface area contributed by atoms with Gasteiger partial charge in [0.25, 0.3) is 5.91 Å². The summed E-state index contributed by atoms with van der Waals surface area (Å²) >= 11 is 1.50. The number of halogens is 1. The van der Waals surface area contributed by atoms with Gasteiger partial charge in [0.05, 0.1) is 12.1 Å². The van der Waals surface area contributed by atoms with Crippen LogP contribution in [-0.4, -0.2) is 10.9 Å². The van der Waals surface area contributed by atoms with Crippen LogP contribution in [0.1, 0.15) is 20.2 Å². The lowest BCUT2D eigenvalue weighted by molar-refractivity contribution is 0.0951. The maximum Gasteiger partial charge on any atom is 0.253 e. The second-order valence-electron chi connectivity index (χ2n) is 3.78. The third-order valence-electron chi connectivity index (χ3n) is 2.33. The van der Waals surface area contributed by atoms with Crippen molar-refractivity contribution in [3.8, 4) is 0 Å². The molecule has 2 rings (SSSR count). The molecule has 0 fully saturated rings. The maximum absolute atomic E-state index is 13.0. The molecule has 0 aliphatic heterocycles. The summed E-state index contributed by atoms with van der Waals surface area (Å²) in [5, 5.41) is 3.46. The normalized spacial score (nSPS) is 10.3. The first-order valence-electron chi connectivity index (χ1n) is 5.31. The third-order valence-corrected chi connectivity index (χ3v) is 3.24. The van der Waals surface area contributed by atoms with Crippen LogP contribution in [0.2, 0.25) is 0 Å². The van der Waals surface area contributed by atoms with Gasteiger partial charge in [0.15, 0.2) is 0 Å². The number of aromatic nitrogens is 1. The molecule has 1 aromatic heterocycles. The summed E-state index contributed by atoms with van der Waals surface area (Å²) in [5.74, 6) is -0.890. The molecule has 6 heteroatoms. The lowest BCUT2D eigenvalue weighted by Crippen LogP contribution is -2.23. The van der Waals surface area contributed by atoms with E-state index in [4.69, 9.17) is 5.73 Å². The Balaban J connectivity index is 2.05. The highest BCUT2D eigenvalue weighted by molar-refractivity contribution is 7.11. The van der Waals surface area contributed by atoms with Crippen molar-refractivity contribution in [3.05, 3.63) is 45.7 Å². The molecule has 4 nitrogen and oxygen atoms in total. The van der Waals surface area contributed by atoms with Gasteiger partial charge in [-0.25, -0.2) is 9.37 Å². The zero-order chi connectivity index (χ0) is 13.1. The van der Waals surface area contributed by atoms with Crippen LogP contribution in [0.3, 0.4) is 0 Å². The van der Waals surface area contributed by atoms with Crippen LogP contribution >= 0.6 is 11.3 Å². The van der Waals surface area contributed by atoms with E-state index in [9.17, 15) is 9.18 Å². The maximum atomic E-state index is 13.0. The molecule has 1 heterocycles. The van der Waals surface area contributed by atoms with Crippen molar-refractivity contribution >= 4 is 22.9 Å². The van der Waals surface area contributed by atoms with Crippen LogP contribution in [0.15, 0.2) is 24.4 Å². The van der Waals surface area contributed by atoms with Crippen LogP contribution in [0, 0.1) is 12.7 Å². The Hall–Kier alpha value is -1.95. The Labute approximate surface area is 108 Å². The fourth-order valence-corrected chi connectivity index (χ4v) is 2.19. The van der Waals surface area contributed by atoms with Crippen molar-refractivity contribution in [3.63, 3.8) is 0 Å². The van der Waals surface area contributed by atoms with E-state index in [1.54, 1.807) is 6.20 Å². The zero-order valence-corrected chi connectivity index (χ0v) is 10.6. The quantitative estimate of drug-likeness (QED) is 0.835. The predicted molar refractivity (Wildman–Crippen MR) is 68.8 cm³/mol. The van der Waals surface area contributed by atoms with Gasteiger partial charge in [0.2, 0.25) is 0 Å². The number of nitrogens with zero attached hydrogens (tertiary/aromatic N) is 1. The van der Waals surface area contributed by atoms with E-state index in [-0.39, 0.29) is 11.3 Å². The molecule has 0 atom stereocenters. The number of anilines is 1. The summed E-state index contributed by atoms with van der Waals surface area (Å²) in [5.41, 5.74) is 6.02. The van der Waals surface area contributed by atoms with Crippen molar-refractivity contribution in [2.75, 3.05) is 5.73 Å². The highest BCUT2D eigenvalue weighted by Crippen LogP contribution is 2.14. The summed E-state index contributed by atoms with van der Waals surface area (Å²) < 4.78 is 13.0. The van der Waals surface area contributed by atoms with Gasteiger partial charge in [0, 0.05) is 16.8 Å². The topological polar surface area (TPSA) is 68.0 Å². The van der Waals surface area contributed by atoms with Crippen LogP contribution in [0.4, 0.5) is 10.1 Å². The van der Waals surface area contributed by atoms with E-state index in [0.29, 0.717) is 6.54 Å². The lowest BCUT2D eigenvalue weighted by Gasteiger charge is -2.06. The second-order valence-corrected chi connectivity index (χ2v) is 5.10. The Morgan fingerprint density at radius 1 is 1.56 bits per heavy atom. The Morgan fingerprint density at radius 2 is 2.33 bits per heavy atom. The Bertz CT molecular complexity index is 582. The van der Waals surface area contributed by atoms with E-state index in [1.807, 2.05) is 6.92 Å². The number of benzene rings is 1. The number of nitrogens with two attached hydrogens (primary N) is 1. The standard InChI is InChI=1S/C12H12FN3OS/c1-7-5-15-11(18-7)6-16-12(17)9-4-8(13)2-3-10(9)14/h2-5H,6,14H2,1H3,(H,16,17). The minimum atomic E-state index is -0.487. The molecule has 0 aliphatic carbocycles. The van der Waals surface area contributed by atoms with Gasteiger partial charge in [-0.15, -0.1) is 11.3 Å². The van der Waals surface area contributed by atoms with E-state index in [0.717, 1.165) is 16.0 Å². The molecule has 0 radical (unpaired) electrons. The number of nitrogens with one attached hydrogen (secondary N) is 1. The second kappa shape index (κ2) is 5.14. The molecular formula is C12H12FN3OS. The molecule has 0 unspecified atom stereocenters. The van der Waals surface area contributed by atoms with Gasteiger partial charge < -0.3 is 11.1 Å². The largest absolute Gasteiger partial charge is 0.398 e. The number of carbonyl (C=O) groups excluding carboxylic acids is 1. The van der Waals surface area contributed by atoms with E-state index < -0.39 is 11.7 Å². The fourth-order valence-electron chi connectivity index (χ4n) is 1.46. The molecule has 1 amide bonds. The highest BCUT2D eigenvalue weighted by Gasteiger charge is 2.11. The number of hydrogen-bond acceptors (Lipinski definition) is 4. The smallest absolute Gasteiger partial charge is 0.253 e. The van der Waals surface area contributed by atoms with Crippen molar-refractivity contribution in [2.24, 2.45) is 0 Å². The molecule has 18 heavy (non-hydrogen) atoms. The predicted octanol–water partition coefficient (Wildman–Crippen LogP) is 2.10. The summed E-state index contributed by atoms with van der Waals surface area (Å²) in [6, 6.07) is 3.71. The van der Waals surface area contributed by atoms with E-state index >= 15 is 0 Å². The summed E-state index contributed by atoms with van der Waals surface area (Å²) in [4.78, 5) is 17.0. The first-order valence-corrected chi connectivity index (χ1v) is 6.12. The third kappa shape index (κ3) is 2.84. The lowest BCUT2D eigenvalue weighted by atomic mass is 10.1. The number of rotatable bonds is 3. The molecule has 0 aliphatic rings. The molecule has 1 aromatic carbocycles. The van der Waals surface area contributed by atoms with Crippen molar-refractivity contribution < 1.29 is 9.18 Å². The van der Waals surface area contributed by atoms with Crippen molar-refractivity contribution in [1.82, 2.24) is 10.3 Å². The summed E-state index contributed by atoms with van der Waals surface area (Å²) in [6.45, 7) is 2.25. The SMILES string of the molecule is Cc1cnc(CNC(=O)c2cc(F)ccc2N)s1. The fraction of sp³-hybridized carbons (Fsp3) is 0.167. The molecular weight excluding hydrogens is 253 g/mol. The molecule has 94 valence electrons. The molecule has 3 N–H and O–H groups in total. The first-order chi connectivity index (χ1) is 8.56. The average molecular weight is 265 g/mol. The minimum Gasteiger partial charge on any atom is -0.398 e. The minimum absolute atomic E-state index is 0.142. The van der Waals surface area contributed by atoms with Crippen LogP contribution < -0.4 is 11.1 Å². The molecule has 0 saturated heterocycles. The van der Waals surface area contributed by atoms with Crippen LogP contribution in [0.5, 0.6) is 0 Å². The summed E-state index contributed by atoms with van der Waals surface area (Å²) in [6.07, 6.45) is 1.74. The van der Waals surface area contributed by atoms with Gasteiger partial charge in [-0.1, -0.05) is 0 Å². The average Bonchev–Trinajstić information content (AvgIpc) is 2.75. The van der Waals surface area contributed by atoms with E-state index in [1.165, 1.54) is 23.5 Å². The molecule has 0 bridgehead atoms. The van der Waals surface area contributed by atoms with Gasteiger partial charge >= 0.3 is 0 Å². The van der Waals surface area contributed by atoms with Gasteiger partial charge in [-0.05, 0) is 25.1 Å². The number of aryl methyl sites for hydroxylation is 1.